The van der Waals surface area contributed by atoms with E-state index >= 15 is 0 Å². The number of likely N-dealkylation sites (tertiary alicyclic amines) is 1. The highest BCUT2D eigenvalue weighted by Gasteiger charge is 2.19. The molecule has 0 saturated carbocycles. The number of halogens is 1. The second-order valence-corrected chi connectivity index (χ2v) is 10.2. The van der Waals surface area contributed by atoms with Crippen molar-refractivity contribution in [2.75, 3.05) is 36.7 Å². The zero-order valence-electron chi connectivity index (χ0n) is 17.9. The van der Waals surface area contributed by atoms with Crippen LogP contribution in [0.15, 0.2) is 48.5 Å². The Kier molecular flexibility index (Phi) is 8.35. The van der Waals surface area contributed by atoms with Crippen LogP contribution in [0.25, 0.3) is 0 Å². The quantitative estimate of drug-likeness (QED) is 0.572. The Hall–Kier alpha value is -2.09. The van der Waals surface area contributed by atoms with Crippen molar-refractivity contribution >= 4 is 33.2 Å². The normalized spacial score (nSPS) is 14.9. The number of rotatable bonds is 9. The summed E-state index contributed by atoms with van der Waals surface area (Å²) in [5.74, 6) is -0.151. The maximum Gasteiger partial charge on any atom is 0.251 e. The minimum absolute atomic E-state index is 0.126. The largest absolute Gasteiger partial charge is 0.352 e. The van der Waals surface area contributed by atoms with Gasteiger partial charge in [0.1, 0.15) is 0 Å². The Bertz CT molecular complexity index is 974. The average molecular weight is 464 g/mol. The van der Waals surface area contributed by atoms with Crippen molar-refractivity contribution in [2.24, 2.45) is 0 Å². The van der Waals surface area contributed by atoms with Gasteiger partial charge in [-0.15, -0.1) is 0 Å². The highest BCUT2D eigenvalue weighted by molar-refractivity contribution is 7.92. The molecule has 1 aliphatic heterocycles. The van der Waals surface area contributed by atoms with Crippen molar-refractivity contribution in [1.29, 1.82) is 0 Å². The summed E-state index contributed by atoms with van der Waals surface area (Å²) >= 11 is 6.21. The molecule has 2 aromatic carbocycles. The Labute approximate surface area is 190 Å². The second-order valence-electron chi connectivity index (χ2n) is 7.92. The van der Waals surface area contributed by atoms with E-state index in [4.69, 9.17) is 11.6 Å². The number of benzene rings is 2. The molecule has 0 unspecified atom stereocenters. The molecule has 31 heavy (non-hydrogen) atoms. The third-order valence-corrected chi connectivity index (χ3v) is 6.98. The van der Waals surface area contributed by atoms with Crippen molar-refractivity contribution < 1.29 is 13.2 Å². The lowest BCUT2D eigenvalue weighted by atomic mass is 10.1. The van der Waals surface area contributed by atoms with Gasteiger partial charge in [0.15, 0.2) is 0 Å². The maximum atomic E-state index is 12.4. The Balaban J connectivity index is 1.58. The zero-order chi connectivity index (χ0) is 22.3. The molecule has 168 valence electrons. The number of carbonyl (C=O) groups excluding carboxylic acids is 1. The number of carbonyl (C=O) groups is 1. The highest BCUT2D eigenvalue weighted by Crippen LogP contribution is 2.24. The standard InChI is InChI=1S/C23H30ClN3O3S/c1-31(29,30)27(18-20-8-3-4-9-22(20)24)21-12-10-19(11-13-21)23(28)25-14-7-17-26-15-5-2-6-16-26/h3-4,8-13H,2,5-7,14-18H2,1H3,(H,25,28). The summed E-state index contributed by atoms with van der Waals surface area (Å²) in [7, 11) is -3.52. The molecule has 0 spiro atoms. The predicted molar refractivity (Wildman–Crippen MR) is 126 cm³/mol. The summed E-state index contributed by atoms with van der Waals surface area (Å²) in [6.07, 6.45) is 5.92. The lowest BCUT2D eigenvalue weighted by molar-refractivity contribution is 0.0951. The molecule has 1 fully saturated rings. The van der Waals surface area contributed by atoms with E-state index in [2.05, 4.69) is 10.2 Å². The molecule has 2 aromatic rings. The van der Waals surface area contributed by atoms with Gasteiger partial charge in [-0.2, -0.15) is 0 Å². The van der Waals surface area contributed by atoms with E-state index in [1.54, 1.807) is 42.5 Å². The molecule has 0 bridgehead atoms. The van der Waals surface area contributed by atoms with E-state index < -0.39 is 10.0 Å². The van der Waals surface area contributed by atoms with E-state index in [9.17, 15) is 13.2 Å². The Morgan fingerprint density at radius 1 is 1.06 bits per heavy atom. The maximum absolute atomic E-state index is 12.4. The van der Waals surface area contributed by atoms with Gasteiger partial charge in [-0.25, -0.2) is 8.42 Å². The van der Waals surface area contributed by atoms with Gasteiger partial charge in [-0.05, 0) is 74.8 Å². The molecule has 1 N–H and O–H groups in total. The minimum atomic E-state index is -3.52. The smallest absolute Gasteiger partial charge is 0.251 e. The van der Waals surface area contributed by atoms with Crippen LogP contribution < -0.4 is 9.62 Å². The van der Waals surface area contributed by atoms with Crippen LogP contribution in [0.1, 0.15) is 41.6 Å². The third-order valence-electron chi connectivity index (χ3n) is 5.47. The van der Waals surface area contributed by atoms with Crippen LogP contribution in [0.3, 0.4) is 0 Å². The summed E-state index contributed by atoms with van der Waals surface area (Å²) in [5.41, 5.74) is 1.71. The van der Waals surface area contributed by atoms with Crippen molar-refractivity contribution in [3.8, 4) is 0 Å². The van der Waals surface area contributed by atoms with E-state index in [-0.39, 0.29) is 12.5 Å². The Morgan fingerprint density at radius 2 is 1.74 bits per heavy atom. The van der Waals surface area contributed by atoms with Crippen molar-refractivity contribution in [3.63, 3.8) is 0 Å². The lowest BCUT2D eigenvalue weighted by Crippen LogP contribution is -2.33. The van der Waals surface area contributed by atoms with Gasteiger partial charge in [0.05, 0.1) is 18.5 Å². The first-order valence-electron chi connectivity index (χ1n) is 10.7. The number of nitrogens with zero attached hydrogens (tertiary/aromatic N) is 2. The fourth-order valence-corrected chi connectivity index (χ4v) is 4.82. The van der Waals surface area contributed by atoms with E-state index in [0.717, 1.165) is 32.3 Å². The number of piperidine rings is 1. The van der Waals surface area contributed by atoms with Gasteiger partial charge in [0.25, 0.3) is 5.91 Å². The van der Waals surface area contributed by atoms with Gasteiger partial charge in [-0.1, -0.05) is 36.2 Å². The van der Waals surface area contributed by atoms with Gasteiger partial charge in [0, 0.05) is 17.1 Å². The number of sulfonamides is 1. The first-order chi connectivity index (χ1) is 14.8. The average Bonchev–Trinajstić information content (AvgIpc) is 2.76. The fourth-order valence-electron chi connectivity index (χ4n) is 3.75. The molecular weight excluding hydrogens is 434 g/mol. The summed E-state index contributed by atoms with van der Waals surface area (Å²) in [4.78, 5) is 14.9. The summed E-state index contributed by atoms with van der Waals surface area (Å²) in [6.45, 7) is 4.06. The van der Waals surface area contributed by atoms with Crippen molar-refractivity contribution in [1.82, 2.24) is 10.2 Å². The fraction of sp³-hybridized carbons (Fsp3) is 0.435. The van der Waals surface area contributed by atoms with Gasteiger partial charge < -0.3 is 10.2 Å². The molecule has 0 aliphatic carbocycles. The summed E-state index contributed by atoms with van der Waals surface area (Å²) < 4.78 is 26.0. The molecule has 1 amide bonds. The first-order valence-corrected chi connectivity index (χ1v) is 12.9. The van der Waals surface area contributed by atoms with E-state index in [1.807, 2.05) is 6.07 Å². The zero-order valence-corrected chi connectivity index (χ0v) is 19.5. The molecule has 1 aliphatic rings. The molecule has 8 heteroatoms. The molecule has 0 radical (unpaired) electrons. The number of amides is 1. The number of anilines is 1. The molecule has 0 atom stereocenters. The second kappa shape index (κ2) is 11.0. The van der Waals surface area contributed by atoms with Gasteiger partial charge >= 0.3 is 0 Å². The molecule has 1 heterocycles. The summed E-state index contributed by atoms with van der Waals surface area (Å²) in [6, 6.07) is 13.8. The molecule has 1 saturated heterocycles. The van der Waals surface area contributed by atoms with Crippen LogP contribution in [-0.4, -0.2) is 51.7 Å². The van der Waals surface area contributed by atoms with Crippen LogP contribution in [-0.2, 0) is 16.6 Å². The van der Waals surface area contributed by atoms with Crippen molar-refractivity contribution in [2.45, 2.75) is 32.2 Å². The molecule has 6 nitrogen and oxygen atoms in total. The minimum Gasteiger partial charge on any atom is -0.352 e. The van der Waals surface area contributed by atoms with Crippen LogP contribution in [0.4, 0.5) is 5.69 Å². The third kappa shape index (κ3) is 6.95. The highest BCUT2D eigenvalue weighted by atomic mass is 35.5. The molecule has 3 rings (SSSR count). The number of hydrogen-bond donors (Lipinski definition) is 1. The van der Waals surface area contributed by atoms with Gasteiger partial charge in [0.2, 0.25) is 10.0 Å². The monoisotopic (exact) mass is 463 g/mol. The van der Waals surface area contributed by atoms with Crippen LogP contribution in [0.2, 0.25) is 5.02 Å². The number of nitrogens with one attached hydrogen (secondary N) is 1. The molecular formula is C23H30ClN3O3S. The van der Waals surface area contributed by atoms with Crippen LogP contribution >= 0.6 is 11.6 Å². The lowest BCUT2D eigenvalue weighted by Gasteiger charge is -2.26. The van der Waals surface area contributed by atoms with E-state index in [0.29, 0.717) is 28.4 Å². The van der Waals surface area contributed by atoms with Gasteiger partial charge in [-0.3, -0.25) is 9.10 Å². The summed E-state index contributed by atoms with van der Waals surface area (Å²) in [5, 5.41) is 3.46. The number of hydrogen-bond acceptors (Lipinski definition) is 4. The first kappa shape index (κ1) is 23.6. The van der Waals surface area contributed by atoms with Crippen LogP contribution in [0, 0.1) is 0 Å². The topological polar surface area (TPSA) is 69.7 Å². The molecule has 0 aromatic heterocycles. The van der Waals surface area contributed by atoms with E-state index in [1.165, 1.54) is 23.6 Å². The van der Waals surface area contributed by atoms with Crippen LogP contribution in [0.5, 0.6) is 0 Å². The van der Waals surface area contributed by atoms with Crippen molar-refractivity contribution in [3.05, 3.63) is 64.7 Å². The Morgan fingerprint density at radius 3 is 2.39 bits per heavy atom. The predicted octanol–water partition coefficient (Wildman–Crippen LogP) is 3.91. The SMILES string of the molecule is CS(=O)(=O)N(Cc1ccccc1Cl)c1ccc(C(=O)NCCCN2CCCCC2)cc1.